The van der Waals surface area contributed by atoms with E-state index in [2.05, 4.69) is 0 Å². The van der Waals surface area contributed by atoms with Crippen molar-refractivity contribution < 1.29 is 15.0 Å². The van der Waals surface area contributed by atoms with E-state index in [4.69, 9.17) is 5.11 Å². The second-order valence-electron chi connectivity index (χ2n) is 3.68. The zero-order valence-corrected chi connectivity index (χ0v) is 6.87. The molecule has 1 atom stereocenters. The van der Waals surface area contributed by atoms with Gasteiger partial charge in [-0.25, -0.2) is 0 Å². The Morgan fingerprint density at radius 3 is 2.36 bits per heavy atom. The van der Waals surface area contributed by atoms with Crippen LogP contribution < -0.4 is 0 Å². The summed E-state index contributed by atoms with van der Waals surface area (Å²) in [6.07, 6.45) is 1.25. The Balaban J connectivity index is 2.54. The van der Waals surface area contributed by atoms with Crippen LogP contribution in [0.5, 0.6) is 0 Å². The van der Waals surface area contributed by atoms with Crippen molar-refractivity contribution >= 4 is 5.97 Å². The number of hydrogen-bond donors (Lipinski definition) is 2. The number of aliphatic carboxylic acids is 1. The van der Waals surface area contributed by atoms with Gasteiger partial charge in [-0.1, -0.05) is 6.92 Å². The van der Waals surface area contributed by atoms with Crippen LogP contribution in [0.2, 0.25) is 0 Å². The molecule has 0 aromatic heterocycles. The largest absolute Gasteiger partial charge is 0.481 e. The van der Waals surface area contributed by atoms with Gasteiger partial charge in [-0.2, -0.15) is 0 Å². The number of rotatable bonds is 2. The summed E-state index contributed by atoms with van der Waals surface area (Å²) in [6, 6.07) is 0. The van der Waals surface area contributed by atoms with Crippen molar-refractivity contribution in [1.82, 2.24) is 0 Å². The van der Waals surface area contributed by atoms with Crippen LogP contribution in [0.25, 0.3) is 0 Å². The fourth-order valence-corrected chi connectivity index (χ4v) is 1.73. The maximum Gasteiger partial charge on any atom is 0.309 e. The molecule has 0 heterocycles. The van der Waals surface area contributed by atoms with E-state index >= 15 is 0 Å². The maximum absolute atomic E-state index is 10.5. The van der Waals surface area contributed by atoms with Crippen molar-refractivity contribution in [3.63, 3.8) is 0 Å². The first-order valence-electron chi connectivity index (χ1n) is 3.91. The molecule has 0 spiro atoms. The molecule has 64 valence electrons. The molecule has 1 fully saturated rings. The number of carboxylic acid groups (broad SMARTS) is 1. The fourth-order valence-electron chi connectivity index (χ4n) is 1.73. The molecule has 0 amide bonds. The molecule has 1 saturated carbocycles. The molecule has 11 heavy (non-hydrogen) atoms. The Morgan fingerprint density at radius 1 is 1.64 bits per heavy atom. The van der Waals surface area contributed by atoms with Crippen LogP contribution in [0.15, 0.2) is 0 Å². The number of carboxylic acids is 1. The Morgan fingerprint density at radius 2 is 2.09 bits per heavy atom. The van der Waals surface area contributed by atoms with Crippen molar-refractivity contribution in [1.29, 1.82) is 0 Å². The molecule has 0 radical (unpaired) electrons. The second kappa shape index (κ2) is 2.48. The average molecular weight is 158 g/mol. The van der Waals surface area contributed by atoms with Crippen LogP contribution in [0.4, 0.5) is 0 Å². The van der Waals surface area contributed by atoms with E-state index in [9.17, 15) is 9.90 Å². The first-order chi connectivity index (χ1) is 4.96. The van der Waals surface area contributed by atoms with Gasteiger partial charge in [0.1, 0.15) is 0 Å². The van der Waals surface area contributed by atoms with E-state index < -0.39 is 17.5 Å². The summed E-state index contributed by atoms with van der Waals surface area (Å²) in [5.74, 6) is -1.06. The topological polar surface area (TPSA) is 57.5 Å². The average Bonchev–Trinajstić information content (AvgIpc) is 1.83. The predicted molar refractivity (Wildman–Crippen MR) is 40.1 cm³/mol. The molecular formula is C8H14O3. The maximum atomic E-state index is 10.5. The third kappa shape index (κ3) is 1.38. The highest BCUT2D eigenvalue weighted by Gasteiger charge is 2.47. The lowest BCUT2D eigenvalue weighted by Gasteiger charge is -2.44. The Labute approximate surface area is 66.0 Å². The first-order valence-corrected chi connectivity index (χ1v) is 3.91. The van der Waals surface area contributed by atoms with Crippen LogP contribution in [0.3, 0.4) is 0 Å². The minimum atomic E-state index is -0.925. The third-order valence-electron chi connectivity index (χ3n) is 2.58. The van der Waals surface area contributed by atoms with E-state index in [0.29, 0.717) is 18.8 Å². The molecule has 1 rings (SSSR count). The van der Waals surface area contributed by atoms with Crippen LogP contribution in [0.1, 0.15) is 26.7 Å². The SMILES string of the molecule is CC1CC(O)(C(C)C(=O)O)C1. The summed E-state index contributed by atoms with van der Waals surface area (Å²) >= 11 is 0. The summed E-state index contributed by atoms with van der Waals surface area (Å²) < 4.78 is 0. The van der Waals surface area contributed by atoms with Crippen molar-refractivity contribution in [2.45, 2.75) is 32.3 Å². The minimum absolute atomic E-state index is 0.474. The summed E-state index contributed by atoms with van der Waals surface area (Å²) in [5, 5.41) is 18.2. The number of hydrogen-bond acceptors (Lipinski definition) is 2. The van der Waals surface area contributed by atoms with Crippen LogP contribution in [0, 0.1) is 11.8 Å². The van der Waals surface area contributed by atoms with Crippen LogP contribution in [-0.4, -0.2) is 21.8 Å². The minimum Gasteiger partial charge on any atom is -0.481 e. The lowest BCUT2D eigenvalue weighted by molar-refractivity contribution is -0.163. The van der Waals surface area contributed by atoms with Crippen molar-refractivity contribution in [3.8, 4) is 0 Å². The molecule has 0 aromatic carbocycles. The van der Waals surface area contributed by atoms with E-state index in [0.717, 1.165) is 0 Å². The first kappa shape index (κ1) is 8.53. The molecule has 1 aliphatic rings. The molecule has 0 aromatic rings. The Kier molecular flexibility index (Phi) is 1.92. The number of aliphatic hydroxyl groups is 1. The van der Waals surface area contributed by atoms with Gasteiger partial charge in [-0.05, 0) is 25.7 Å². The highest BCUT2D eigenvalue weighted by atomic mass is 16.4. The van der Waals surface area contributed by atoms with Crippen molar-refractivity contribution in [2.75, 3.05) is 0 Å². The molecule has 0 saturated heterocycles. The van der Waals surface area contributed by atoms with E-state index in [1.807, 2.05) is 6.92 Å². The van der Waals surface area contributed by atoms with E-state index in [-0.39, 0.29) is 0 Å². The van der Waals surface area contributed by atoms with Gasteiger partial charge in [0.05, 0.1) is 11.5 Å². The normalized spacial score (nSPS) is 39.4. The fraction of sp³-hybridized carbons (Fsp3) is 0.875. The quantitative estimate of drug-likeness (QED) is 0.627. The molecule has 3 nitrogen and oxygen atoms in total. The zero-order chi connectivity index (χ0) is 8.65. The van der Waals surface area contributed by atoms with Gasteiger partial charge in [0, 0.05) is 0 Å². The van der Waals surface area contributed by atoms with E-state index in [1.54, 1.807) is 6.92 Å². The lowest BCUT2D eigenvalue weighted by atomic mass is 9.66. The number of carbonyl (C=O) groups is 1. The van der Waals surface area contributed by atoms with Gasteiger partial charge in [-0.3, -0.25) is 4.79 Å². The highest BCUT2D eigenvalue weighted by molar-refractivity contribution is 5.71. The van der Waals surface area contributed by atoms with Crippen LogP contribution >= 0.6 is 0 Å². The van der Waals surface area contributed by atoms with E-state index in [1.165, 1.54) is 0 Å². The van der Waals surface area contributed by atoms with Gasteiger partial charge in [0.25, 0.3) is 0 Å². The summed E-state index contributed by atoms with van der Waals surface area (Å²) in [7, 11) is 0. The van der Waals surface area contributed by atoms with Gasteiger partial charge in [0.15, 0.2) is 0 Å². The lowest BCUT2D eigenvalue weighted by Crippen LogP contribution is -2.50. The zero-order valence-electron chi connectivity index (χ0n) is 6.87. The molecule has 0 bridgehead atoms. The summed E-state index contributed by atoms with van der Waals surface area (Å²) in [6.45, 7) is 3.58. The predicted octanol–water partition coefficient (Wildman–Crippen LogP) is 0.868. The van der Waals surface area contributed by atoms with Gasteiger partial charge in [0.2, 0.25) is 0 Å². The van der Waals surface area contributed by atoms with Gasteiger partial charge >= 0.3 is 5.97 Å². The van der Waals surface area contributed by atoms with Gasteiger partial charge < -0.3 is 10.2 Å². The van der Waals surface area contributed by atoms with Crippen molar-refractivity contribution in [2.24, 2.45) is 11.8 Å². The summed E-state index contributed by atoms with van der Waals surface area (Å²) in [4.78, 5) is 10.5. The highest BCUT2D eigenvalue weighted by Crippen LogP contribution is 2.42. The van der Waals surface area contributed by atoms with Crippen molar-refractivity contribution in [3.05, 3.63) is 0 Å². The third-order valence-corrected chi connectivity index (χ3v) is 2.58. The Bertz CT molecular complexity index is 170. The molecule has 2 N–H and O–H groups in total. The molecule has 0 aliphatic heterocycles. The molecular weight excluding hydrogens is 144 g/mol. The smallest absolute Gasteiger partial charge is 0.309 e. The second-order valence-corrected chi connectivity index (χ2v) is 3.68. The molecule has 3 heteroatoms. The Hall–Kier alpha value is -0.570. The summed E-state index contributed by atoms with van der Waals surface area (Å²) in [5.41, 5.74) is -0.925. The van der Waals surface area contributed by atoms with Gasteiger partial charge in [-0.15, -0.1) is 0 Å². The standard InChI is InChI=1S/C8H14O3/c1-5-3-8(11,4-5)6(2)7(9)10/h5-6,11H,3-4H2,1-2H3,(H,9,10). The van der Waals surface area contributed by atoms with Crippen LogP contribution in [-0.2, 0) is 4.79 Å². The monoisotopic (exact) mass is 158 g/mol. The molecule has 1 aliphatic carbocycles. The molecule has 1 unspecified atom stereocenters.